The SMILES string of the molecule is C/C=C1/C(=O)N[C@@H](C(=O)O)[C@H](C)N[C@@H](CCCN=C(N)N)C(=O)N[C@@H](/C=C/C(C)=C/[C@H](C)[C@H](Cc2ccccc2)OC)[C@H](C)C(=O)N[C@@H](C(=O)O)CCC(=O)N1C. The minimum atomic E-state index is -1.56. The summed E-state index contributed by atoms with van der Waals surface area (Å²) in [4.78, 5) is 84.1. The molecule has 1 fully saturated rings. The number of aliphatic imine (C=N–C) groups is 1. The monoisotopic (exact) mass is 796 g/mol. The zero-order chi connectivity index (χ0) is 42.8. The quantitative estimate of drug-likeness (QED) is 0.0460. The fourth-order valence-electron chi connectivity index (χ4n) is 6.36. The van der Waals surface area contributed by atoms with Crippen molar-refractivity contribution < 1.29 is 43.7 Å². The smallest absolute Gasteiger partial charge is 0.327 e. The van der Waals surface area contributed by atoms with Gasteiger partial charge < -0.3 is 52.6 Å². The highest BCUT2D eigenvalue weighted by atomic mass is 16.5. The van der Waals surface area contributed by atoms with E-state index in [2.05, 4.69) is 26.3 Å². The van der Waals surface area contributed by atoms with E-state index in [4.69, 9.17) is 16.2 Å². The van der Waals surface area contributed by atoms with Gasteiger partial charge in [0, 0.05) is 39.1 Å². The van der Waals surface area contributed by atoms with Crippen molar-refractivity contribution in [3.63, 3.8) is 0 Å². The Hall–Kier alpha value is -5.55. The maximum Gasteiger partial charge on any atom is 0.327 e. The van der Waals surface area contributed by atoms with Gasteiger partial charge in [-0.25, -0.2) is 9.59 Å². The maximum atomic E-state index is 14.1. The van der Waals surface area contributed by atoms with Crippen molar-refractivity contribution in [2.75, 3.05) is 20.7 Å². The van der Waals surface area contributed by atoms with Gasteiger partial charge in [-0.05, 0) is 52.0 Å². The number of carbonyl (C=O) groups is 6. The summed E-state index contributed by atoms with van der Waals surface area (Å²) >= 11 is 0. The summed E-state index contributed by atoms with van der Waals surface area (Å²) in [6.07, 6.45) is 6.93. The zero-order valence-corrected chi connectivity index (χ0v) is 33.9. The van der Waals surface area contributed by atoms with E-state index >= 15 is 0 Å². The van der Waals surface area contributed by atoms with E-state index in [9.17, 15) is 39.0 Å². The average Bonchev–Trinajstić information content (AvgIpc) is 3.16. The molecule has 0 saturated carbocycles. The predicted molar refractivity (Wildman–Crippen MR) is 215 cm³/mol. The van der Waals surface area contributed by atoms with Gasteiger partial charge in [-0.2, -0.15) is 0 Å². The van der Waals surface area contributed by atoms with E-state index in [1.54, 1.807) is 19.3 Å². The van der Waals surface area contributed by atoms with Crippen molar-refractivity contribution in [3.8, 4) is 0 Å². The van der Waals surface area contributed by atoms with Gasteiger partial charge in [0.25, 0.3) is 5.91 Å². The fourth-order valence-corrected chi connectivity index (χ4v) is 6.36. The highest BCUT2D eigenvalue weighted by Crippen LogP contribution is 2.18. The van der Waals surface area contributed by atoms with E-state index in [1.165, 1.54) is 33.9 Å². The number of hydrogen-bond acceptors (Lipinski definition) is 9. The van der Waals surface area contributed by atoms with Crippen molar-refractivity contribution in [1.29, 1.82) is 0 Å². The van der Waals surface area contributed by atoms with Crippen molar-refractivity contribution in [2.24, 2.45) is 28.3 Å². The van der Waals surface area contributed by atoms with Gasteiger partial charge in [-0.15, -0.1) is 0 Å². The lowest BCUT2D eigenvalue weighted by Gasteiger charge is -2.31. The molecule has 57 heavy (non-hydrogen) atoms. The lowest BCUT2D eigenvalue weighted by molar-refractivity contribution is -0.143. The van der Waals surface area contributed by atoms with Crippen molar-refractivity contribution >= 4 is 41.5 Å². The van der Waals surface area contributed by atoms with Crippen LogP contribution >= 0.6 is 0 Å². The Morgan fingerprint density at radius 2 is 1.70 bits per heavy atom. The average molecular weight is 797 g/mol. The molecule has 1 saturated heterocycles. The van der Waals surface area contributed by atoms with Crippen molar-refractivity contribution in [3.05, 3.63) is 71.5 Å². The summed E-state index contributed by atoms with van der Waals surface area (Å²) in [6.45, 7) is 8.52. The topological polar surface area (TPSA) is 268 Å². The van der Waals surface area contributed by atoms with E-state index in [1.807, 2.05) is 50.3 Å². The number of nitrogens with zero attached hydrogens (tertiary/aromatic N) is 2. The number of guanidine groups is 1. The van der Waals surface area contributed by atoms with Gasteiger partial charge in [-0.1, -0.05) is 74.1 Å². The molecular weight excluding hydrogens is 736 g/mol. The van der Waals surface area contributed by atoms with E-state index in [-0.39, 0.29) is 55.9 Å². The fraction of sp³-hybridized carbons (Fsp3) is 0.525. The first-order valence-corrected chi connectivity index (χ1v) is 18.9. The third kappa shape index (κ3) is 15.5. The highest BCUT2D eigenvalue weighted by Gasteiger charge is 2.35. The Labute approximate surface area is 334 Å². The van der Waals surface area contributed by atoms with Crippen LogP contribution in [0.4, 0.5) is 0 Å². The molecule has 0 aromatic heterocycles. The standard InChI is InChI=1S/C40H60N8O9/c1-8-31-37(52)47-34(39(55)56)26(5)44-29(15-12-20-43-40(41)42)36(51)45-28(25(4)35(50)46-30(38(53)54)18-19-33(49)48(31)6)17-16-23(2)21-24(3)32(57-7)22-27-13-10-9-11-14-27/h8-11,13-14,16-17,21,24-26,28-30,32,34,44H,12,15,18-20,22H2,1-7H3,(H,45,51)(H,46,50)(H,47,52)(H,53,54)(H,55,56)(H4,41,42,43)/b17-16+,23-21+,31-8-/t24-,25-,26-,28-,29-,30+,32-,34+/m0/s1. The van der Waals surface area contributed by atoms with Gasteiger partial charge in [0.2, 0.25) is 17.7 Å². The molecule has 17 nitrogen and oxygen atoms in total. The Balaban J connectivity index is 2.60. The van der Waals surface area contributed by atoms with Gasteiger partial charge in [0.15, 0.2) is 5.96 Å². The normalized spacial score (nSPS) is 25.4. The molecule has 314 valence electrons. The minimum absolute atomic E-state index is 0.0367. The number of carbonyl (C=O) groups excluding carboxylic acids is 4. The van der Waals surface area contributed by atoms with Gasteiger partial charge in [0.1, 0.15) is 17.8 Å². The number of ether oxygens (including phenoxy) is 1. The van der Waals surface area contributed by atoms with Crippen LogP contribution in [-0.4, -0.2) is 114 Å². The molecule has 17 heteroatoms. The number of carboxylic acid groups (broad SMARTS) is 2. The van der Waals surface area contributed by atoms with Crippen LogP contribution in [-0.2, 0) is 39.9 Å². The third-order valence-electron chi connectivity index (χ3n) is 9.80. The van der Waals surface area contributed by atoms with Crippen LogP contribution in [0, 0.1) is 11.8 Å². The number of likely N-dealkylation sites (N-methyl/N-ethyl adjacent to an activating group) is 1. The number of nitrogens with two attached hydrogens (primary N) is 2. The number of benzene rings is 1. The molecule has 0 aliphatic carbocycles. The van der Waals surface area contributed by atoms with E-state index in [0.717, 1.165) is 16.0 Å². The number of rotatable bonds is 13. The molecule has 1 aromatic carbocycles. The van der Waals surface area contributed by atoms with Gasteiger partial charge in [-0.3, -0.25) is 24.2 Å². The summed E-state index contributed by atoms with van der Waals surface area (Å²) in [6, 6.07) is 3.76. The number of hydrogen-bond donors (Lipinski definition) is 8. The second kappa shape index (κ2) is 23.5. The molecule has 1 aliphatic heterocycles. The van der Waals surface area contributed by atoms with Crippen LogP contribution in [0.5, 0.6) is 0 Å². The Kier molecular flexibility index (Phi) is 19.6. The summed E-state index contributed by atoms with van der Waals surface area (Å²) in [5.74, 6) is -6.86. The van der Waals surface area contributed by atoms with Crippen LogP contribution in [0.15, 0.2) is 70.9 Å². The summed E-state index contributed by atoms with van der Waals surface area (Å²) in [5.41, 5.74) is 12.7. The van der Waals surface area contributed by atoms with Gasteiger partial charge in [0.05, 0.1) is 24.1 Å². The molecule has 0 unspecified atom stereocenters. The Morgan fingerprint density at radius 3 is 2.28 bits per heavy atom. The number of methoxy groups -OCH3 is 1. The molecule has 0 spiro atoms. The van der Waals surface area contributed by atoms with Crippen LogP contribution < -0.4 is 32.7 Å². The molecule has 4 amide bonds. The predicted octanol–water partition coefficient (Wildman–Crippen LogP) is 1.20. The molecule has 8 atom stereocenters. The van der Waals surface area contributed by atoms with Gasteiger partial charge >= 0.3 is 11.9 Å². The minimum Gasteiger partial charge on any atom is -0.480 e. The largest absolute Gasteiger partial charge is 0.480 e. The number of carboxylic acids is 2. The lowest BCUT2D eigenvalue weighted by atomic mass is 9.94. The van der Waals surface area contributed by atoms with Crippen LogP contribution in [0.2, 0.25) is 0 Å². The molecule has 1 aliphatic rings. The number of aliphatic carboxylic acids is 2. The first-order valence-electron chi connectivity index (χ1n) is 18.9. The summed E-state index contributed by atoms with van der Waals surface area (Å²) < 4.78 is 5.80. The van der Waals surface area contributed by atoms with Crippen molar-refractivity contribution in [2.45, 2.75) is 103 Å². The van der Waals surface area contributed by atoms with Crippen LogP contribution in [0.25, 0.3) is 0 Å². The molecule has 0 bridgehead atoms. The molecular formula is C40H60N8O9. The Morgan fingerprint density at radius 1 is 1.04 bits per heavy atom. The van der Waals surface area contributed by atoms with Crippen LogP contribution in [0.3, 0.4) is 0 Å². The summed E-state index contributed by atoms with van der Waals surface area (Å²) in [5, 5.41) is 31.0. The highest BCUT2D eigenvalue weighted by molar-refractivity contribution is 5.99. The molecule has 1 heterocycles. The van der Waals surface area contributed by atoms with Crippen LogP contribution in [0.1, 0.15) is 65.9 Å². The Bertz CT molecular complexity index is 1680. The van der Waals surface area contributed by atoms with E-state index < -0.39 is 71.7 Å². The number of allylic oxidation sites excluding steroid dienone is 3. The molecule has 0 radical (unpaired) electrons. The second-order valence-electron chi connectivity index (χ2n) is 14.2. The molecule has 10 N–H and O–H groups in total. The zero-order valence-electron chi connectivity index (χ0n) is 33.9. The third-order valence-corrected chi connectivity index (χ3v) is 9.80. The number of nitrogens with one attached hydrogen (secondary N) is 4. The lowest BCUT2D eigenvalue weighted by Crippen LogP contribution is -2.59. The first kappa shape index (κ1) is 47.6. The van der Waals surface area contributed by atoms with E-state index in [0.29, 0.717) is 6.42 Å². The van der Waals surface area contributed by atoms with Crippen molar-refractivity contribution in [1.82, 2.24) is 26.2 Å². The molecule has 1 aromatic rings. The molecule has 2 rings (SSSR count). The maximum absolute atomic E-state index is 14.1. The first-order chi connectivity index (χ1) is 26.9. The second-order valence-corrected chi connectivity index (χ2v) is 14.2. The number of amides is 4. The summed E-state index contributed by atoms with van der Waals surface area (Å²) in [7, 11) is 2.95.